The van der Waals surface area contributed by atoms with Crippen LogP contribution in [0.4, 0.5) is 5.82 Å². The molecule has 5 nitrogen and oxygen atoms in total. The van der Waals surface area contributed by atoms with E-state index in [-0.39, 0.29) is 11.9 Å². The topological polar surface area (TPSA) is 58.1 Å². The van der Waals surface area contributed by atoms with Crippen molar-refractivity contribution < 1.29 is 4.79 Å². The molecule has 7 heteroatoms. The van der Waals surface area contributed by atoms with E-state index in [1.807, 2.05) is 24.3 Å². The number of nitrogens with one attached hydrogen (secondary N) is 1. The molecule has 2 aromatic heterocycles. The molecule has 2 aliphatic rings. The molecule has 31 heavy (non-hydrogen) atoms. The molecule has 0 bridgehead atoms. The monoisotopic (exact) mass is 454 g/mol. The number of carbonyl (C=O) groups excluding carboxylic acids is 1. The van der Waals surface area contributed by atoms with Crippen LogP contribution in [0.25, 0.3) is 10.2 Å². The quantitative estimate of drug-likeness (QED) is 0.541. The summed E-state index contributed by atoms with van der Waals surface area (Å²) in [4.78, 5) is 24.5. The molecule has 1 N–H and O–H groups in total. The van der Waals surface area contributed by atoms with E-state index in [9.17, 15) is 4.79 Å². The van der Waals surface area contributed by atoms with Crippen LogP contribution in [-0.4, -0.2) is 35.0 Å². The van der Waals surface area contributed by atoms with Crippen molar-refractivity contribution in [2.45, 2.75) is 56.9 Å². The third-order valence-electron chi connectivity index (χ3n) is 6.47. The van der Waals surface area contributed by atoms with Crippen molar-refractivity contribution in [1.29, 1.82) is 0 Å². The maximum Gasteiger partial charge on any atom is 0.251 e. The Morgan fingerprint density at radius 1 is 1.06 bits per heavy atom. The van der Waals surface area contributed by atoms with Gasteiger partial charge < -0.3 is 10.2 Å². The van der Waals surface area contributed by atoms with Gasteiger partial charge in [-0.05, 0) is 75.3 Å². The number of rotatable bonds is 4. The number of amides is 1. The lowest BCUT2D eigenvalue weighted by molar-refractivity contribution is 0.0925. The SMILES string of the molecule is O=C(NC1CCC(c2nc3cc(Cl)ccc3s2)CC1)c1ccnc(N2CCCCC2)c1. The number of nitrogens with zero attached hydrogens (tertiary/aromatic N) is 3. The fourth-order valence-electron chi connectivity index (χ4n) is 4.70. The number of anilines is 1. The van der Waals surface area contributed by atoms with Crippen molar-refractivity contribution in [2.24, 2.45) is 0 Å². The van der Waals surface area contributed by atoms with Crippen LogP contribution in [0.5, 0.6) is 0 Å². The van der Waals surface area contributed by atoms with Crippen molar-refractivity contribution >= 4 is 44.9 Å². The first-order valence-electron chi connectivity index (χ1n) is 11.2. The Hall–Kier alpha value is -2.18. The number of carbonyl (C=O) groups is 1. The number of aromatic nitrogens is 2. The molecule has 1 amide bonds. The van der Waals surface area contributed by atoms with Crippen molar-refractivity contribution in [3.63, 3.8) is 0 Å². The van der Waals surface area contributed by atoms with Gasteiger partial charge in [0.1, 0.15) is 5.82 Å². The number of piperidine rings is 1. The van der Waals surface area contributed by atoms with E-state index in [0.717, 1.165) is 55.1 Å². The van der Waals surface area contributed by atoms with Gasteiger partial charge in [0.05, 0.1) is 15.2 Å². The Balaban J connectivity index is 1.19. The summed E-state index contributed by atoms with van der Waals surface area (Å²) in [5.41, 5.74) is 1.70. The largest absolute Gasteiger partial charge is 0.357 e. The van der Waals surface area contributed by atoms with E-state index in [2.05, 4.69) is 21.3 Å². The number of pyridine rings is 1. The predicted octanol–water partition coefficient (Wildman–Crippen LogP) is 5.79. The van der Waals surface area contributed by atoms with Crippen LogP contribution in [-0.2, 0) is 0 Å². The molecule has 1 saturated carbocycles. The fourth-order valence-corrected chi connectivity index (χ4v) is 5.99. The van der Waals surface area contributed by atoms with Crippen LogP contribution in [0.2, 0.25) is 5.02 Å². The van der Waals surface area contributed by atoms with E-state index < -0.39 is 0 Å². The zero-order chi connectivity index (χ0) is 21.2. The first-order chi connectivity index (χ1) is 15.2. The van der Waals surface area contributed by atoms with Gasteiger partial charge in [-0.1, -0.05) is 11.6 Å². The first kappa shape index (κ1) is 20.7. The summed E-state index contributed by atoms with van der Waals surface area (Å²) < 4.78 is 1.19. The van der Waals surface area contributed by atoms with Gasteiger partial charge in [-0.25, -0.2) is 9.97 Å². The second-order valence-corrected chi connectivity index (χ2v) is 10.1. The number of fused-ring (bicyclic) bond motifs is 1. The number of hydrogen-bond donors (Lipinski definition) is 1. The fraction of sp³-hybridized carbons (Fsp3) is 0.458. The Morgan fingerprint density at radius 2 is 1.87 bits per heavy atom. The van der Waals surface area contributed by atoms with Crippen LogP contribution >= 0.6 is 22.9 Å². The third kappa shape index (κ3) is 4.70. The Kier molecular flexibility index (Phi) is 6.10. The summed E-state index contributed by atoms with van der Waals surface area (Å²) in [5, 5.41) is 5.18. The Labute approximate surface area is 191 Å². The normalized spacial score (nSPS) is 21.9. The zero-order valence-electron chi connectivity index (χ0n) is 17.5. The minimum absolute atomic E-state index is 0.0127. The minimum Gasteiger partial charge on any atom is -0.357 e. The molecule has 5 rings (SSSR count). The molecular formula is C24H27ClN4OS. The van der Waals surface area contributed by atoms with Gasteiger partial charge in [-0.2, -0.15) is 0 Å². The number of halogens is 1. The number of hydrogen-bond acceptors (Lipinski definition) is 5. The van der Waals surface area contributed by atoms with E-state index in [1.54, 1.807) is 17.5 Å². The first-order valence-corrected chi connectivity index (χ1v) is 12.4. The maximum absolute atomic E-state index is 12.9. The van der Waals surface area contributed by atoms with Crippen molar-refractivity contribution in [3.8, 4) is 0 Å². The van der Waals surface area contributed by atoms with Crippen molar-refractivity contribution in [3.05, 3.63) is 52.1 Å². The zero-order valence-corrected chi connectivity index (χ0v) is 19.1. The van der Waals surface area contributed by atoms with Crippen LogP contribution < -0.4 is 10.2 Å². The minimum atomic E-state index is 0.0127. The molecule has 0 radical (unpaired) electrons. The molecule has 1 aliphatic heterocycles. The third-order valence-corrected chi connectivity index (χ3v) is 7.90. The smallest absolute Gasteiger partial charge is 0.251 e. The molecule has 1 saturated heterocycles. The van der Waals surface area contributed by atoms with Crippen molar-refractivity contribution in [2.75, 3.05) is 18.0 Å². The van der Waals surface area contributed by atoms with E-state index in [1.165, 1.54) is 29.0 Å². The number of benzene rings is 1. The summed E-state index contributed by atoms with van der Waals surface area (Å²) in [7, 11) is 0. The highest BCUT2D eigenvalue weighted by Crippen LogP contribution is 2.37. The summed E-state index contributed by atoms with van der Waals surface area (Å²) >= 11 is 7.87. The standard InChI is InChI=1S/C24H27ClN4OS/c25-18-6-9-21-20(15-18)28-24(31-21)16-4-7-19(8-5-16)27-23(30)17-10-11-26-22(14-17)29-12-2-1-3-13-29/h6,9-11,14-16,19H,1-5,7-8,12-13H2,(H,27,30). The molecule has 1 aromatic carbocycles. The van der Waals surface area contributed by atoms with Gasteiger partial charge in [0, 0.05) is 41.8 Å². The summed E-state index contributed by atoms with van der Waals surface area (Å²) in [6, 6.07) is 9.90. The lowest BCUT2D eigenvalue weighted by atomic mass is 9.86. The van der Waals surface area contributed by atoms with Gasteiger partial charge in [-0.3, -0.25) is 4.79 Å². The molecular weight excluding hydrogens is 428 g/mol. The lowest BCUT2D eigenvalue weighted by Crippen LogP contribution is -2.37. The van der Waals surface area contributed by atoms with Crippen molar-refractivity contribution in [1.82, 2.24) is 15.3 Å². The molecule has 162 valence electrons. The average molecular weight is 455 g/mol. The van der Waals surface area contributed by atoms with Gasteiger partial charge in [0.2, 0.25) is 0 Å². The van der Waals surface area contributed by atoms with Crippen LogP contribution in [0.1, 0.15) is 66.2 Å². The van der Waals surface area contributed by atoms with E-state index >= 15 is 0 Å². The Bertz CT molecular complexity index is 1070. The average Bonchev–Trinajstić information content (AvgIpc) is 3.23. The molecule has 0 unspecified atom stereocenters. The maximum atomic E-state index is 12.9. The van der Waals surface area contributed by atoms with Gasteiger partial charge >= 0.3 is 0 Å². The van der Waals surface area contributed by atoms with Gasteiger partial charge in [0.15, 0.2) is 0 Å². The van der Waals surface area contributed by atoms with Gasteiger partial charge in [-0.15, -0.1) is 11.3 Å². The molecule has 3 aromatic rings. The van der Waals surface area contributed by atoms with Crippen LogP contribution in [0.15, 0.2) is 36.5 Å². The van der Waals surface area contributed by atoms with Gasteiger partial charge in [0.25, 0.3) is 5.91 Å². The van der Waals surface area contributed by atoms with Crippen LogP contribution in [0, 0.1) is 0 Å². The summed E-state index contributed by atoms with van der Waals surface area (Å²) in [6.07, 6.45) is 9.50. The lowest BCUT2D eigenvalue weighted by Gasteiger charge is -2.29. The second-order valence-electron chi connectivity index (χ2n) is 8.64. The summed E-state index contributed by atoms with van der Waals surface area (Å²) in [6.45, 7) is 2.06. The Morgan fingerprint density at radius 3 is 2.68 bits per heavy atom. The highest BCUT2D eigenvalue weighted by atomic mass is 35.5. The van der Waals surface area contributed by atoms with E-state index in [0.29, 0.717) is 11.5 Å². The number of thiazole rings is 1. The molecule has 2 fully saturated rings. The van der Waals surface area contributed by atoms with Crippen LogP contribution in [0.3, 0.4) is 0 Å². The second kappa shape index (κ2) is 9.13. The molecule has 0 spiro atoms. The molecule has 3 heterocycles. The predicted molar refractivity (Wildman–Crippen MR) is 127 cm³/mol. The summed E-state index contributed by atoms with van der Waals surface area (Å²) in [5.74, 6) is 1.40. The van der Waals surface area contributed by atoms with E-state index in [4.69, 9.17) is 16.6 Å². The molecule has 1 aliphatic carbocycles. The highest BCUT2D eigenvalue weighted by molar-refractivity contribution is 7.18. The molecule has 0 atom stereocenters. The highest BCUT2D eigenvalue weighted by Gasteiger charge is 2.26.